The van der Waals surface area contributed by atoms with Crippen LogP contribution in [0.25, 0.3) is 0 Å². The maximum absolute atomic E-state index is 6.04. The van der Waals surface area contributed by atoms with E-state index in [0.29, 0.717) is 6.61 Å². The first-order valence-electron chi connectivity index (χ1n) is 6.46. The van der Waals surface area contributed by atoms with Crippen LogP contribution < -0.4 is 5.32 Å². The van der Waals surface area contributed by atoms with Crippen molar-refractivity contribution >= 4 is 27.5 Å². The van der Waals surface area contributed by atoms with Gasteiger partial charge < -0.3 is 10.1 Å². The average molecular weight is 355 g/mol. The highest BCUT2D eigenvalue weighted by molar-refractivity contribution is 9.10. The first-order chi connectivity index (χ1) is 9.70. The monoisotopic (exact) mass is 353 g/mol. The molecule has 0 bridgehead atoms. The van der Waals surface area contributed by atoms with Crippen LogP contribution in [0.1, 0.15) is 17.2 Å². The quantitative estimate of drug-likeness (QED) is 0.820. The fourth-order valence-corrected chi connectivity index (χ4v) is 2.47. The lowest BCUT2D eigenvalue weighted by atomic mass is 10.1. The molecule has 0 aliphatic heterocycles. The Bertz CT molecular complexity index is 544. The van der Waals surface area contributed by atoms with E-state index in [1.807, 2.05) is 49.5 Å². The van der Waals surface area contributed by atoms with Gasteiger partial charge in [-0.25, -0.2) is 0 Å². The molecule has 1 N–H and O–H groups in total. The lowest BCUT2D eigenvalue weighted by Crippen LogP contribution is -2.19. The van der Waals surface area contributed by atoms with Crippen LogP contribution in [0, 0.1) is 0 Å². The van der Waals surface area contributed by atoms with E-state index in [1.165, 1.54) is 0 Å². The van der Waals surface area contributed by atoms with Gasteiger partial charge in [0.1, 0.15) is 0 Å². The Hall–Kier alpha value is -0.870. The van der Waals surface area contributed by atoms with Crippen LogP contribution in [0.2, 0.25) is 5.02 Å². The maximum atomic E-state index is 6.04. The third kappa shape index (κ3) is 4.32. The number of benzene rings is 2. The highest BCUT2D eigenvalue weighted by Crippen LogP contribution is 2.23. The fourth-order valence-electron chi connectivity index (χ4n) is 1.94. The zero-order valence-corrected chi connectivity index (χ0v) is 13.6. The molecule has 1 atom stereocenters. The second kappa shape index (κ2) is 7.79. The predicted molar refractivity (Wildman–Crippen MR) is 87.1 cm³/mol. The van der Waals surface area contributed by atoms with Crippen molar-refractivity contribution in [3.63, 3.8) is 0 Å². The van der Waals surface area contributed by atoms with Crippen molar-refractivity contribution < 1.29 is 4.74 Å². The van der Waals surface area contributed by atoms with Crippen LogP contribution in [0.3, 0.4) is 0 Å². The molecule has 0 aliphatic rings. The normalized spacial score (nSPS) is 12.3. The van der Waals surface area contributed by atoms with Crippen LogP contribution in [0.5, 0.6) is 0 Å². The highest BCUT2D eigenvalue weighted by atomic mass is 79.9. The van der Waals surface area contributed by atoms with Crippen LogP contribution in [0.15, 0.2) is 53.0 Å². The molecule has 2 rings (SSSR count). The van der Waals surface area contributed by atoms with E-state index in [1.54, 1.807) is 0 Å². The van der Waals surface area contributed by atoms with Gasteiger partial charge in [-0.3, -0.25) is 0 Å². The van der Waals surface area contributed by atoms with Gasteiger partial charge in [0.25, 0.3) is 0 Å². The Morgan fingerprint density at radius 2 is 1.85 bits per heavy atom. The van der Waals surface area contributed by atoms with E-state index >= 15 is 0 Å². The van der Waals surface area contributed by atoms with E-state index < -0.39 is 0 Å². The number of likely N-dealkylation sites (N-methyl/N-ethyl adjacent to an activating group) is 1. The molecule has 0 aromatic heterocycles. The molecule has 4 heteroatoms. The van der Waals surface area contributed by atoms with Gasteiger partial charge in [-0.2, -0.15) is 0 Å². The Labute approximate surface area is 133 Å². The summed E-state index contributed by atoms with van der Waals surface area (Å²) < 4.78 is 7.11. The molecule has 2 aromatic carbocycles. The average Bonchev–Trinajstić information content (AvgIpc) is 2.46. The summed E-state index contributed by atoms with van der Waals surface area (Å²) in [5.74, 6) is 0. The Morgan fingerprint density at radius 1 is 1.15 bits per heavy atom. The van der Waals surface area contributed by atoms with E-state index in [2.05, 4.69) is 27.3 Å². The van der Waals surface area contributed by atoms with Crippen LogP contribution in [0.4, 0.5) is 0 Å². The maximum Gasteiger partial charge on any atom is 0.0953 e. The van der Waals surface area contributed by atoms with Crippen molar-refractivity contribution in [2.45, 2.75) is 12.7 Å². The van der Waals surface area contributed by atoms with Gasteiger partial charge in [-0.1, -0.05) is 57.9 Å². The van der Waals surface area contributed by atoms with Crippen molar-refractivity contribution in [3.8, 4) is 0 Å². The standard InChI is InChI=1S/C16H17BrClNO/c1-19-10-16(12-6-8-14(18)9-7-12)20-11-13-4-2-3-5-15(13)17/h2-9,16,19H,10-11H2,1H3. The van der Waals surface area contributed by atoms with Gasteiger partial charge in [-0.15, -0.1) is 0 Å². The summed E-state index contributed by atoms with van der Waals surface area (Å²) in [4.78, 5) is 0. The van der Waals surface area contributed by atoms with Crippen LogP contribution >= 0.6 is 27.5 Å². The van der Waals surface area contributed by atoms with Gasteiger partial charge in [-0.05, 0) is 36.4 Å². The van der Waals surface area contributed by atoms with Crippen molar-refractivity contribution in [1.82, 2.24) is 5.32 Å². The number of hydrogen-bond acceptors (Lipinski definition) is 2. The molecule has 0 aliphatic carbocycles. The topological polar surface area (TPSA) is 21.3 Å². The molecule has 106 valence electrons. The second-order valence-corrected chi connectivity index (χ2v) is 5.79. The Morgan fingerprint density at radius 3 is 2.50 bits per heavy atom. The van der Waals surface area contributed by atoms with Crippen molar-refractivity contribution in [3.05, 3.63) is 69.2 Å². The predicted octanol–water partition coefficient (Wildman–Crippen LogP) is 4.58. The minimum atomic E-state index is 0.00405. The molecule has 20 heavy (non-hydrogen) atoms. The Balaban J connectivity index is 2.06. The summed E-state index contributed by atoms with van der Waals surface area (Å²) >= 11 is 9.46. The summed E-state index contributed by atoms with van der Waals surface area (Å²) in [5.41, 5.74) is 2.26. The first-order valence-corrected chi connectivity index (χ1v) is 7.63. The van der Waals surface area contributed by atoms with Crippen LogP contribution in [-0.2, 0) is 11.3 Å². The lowest BCUT2D eigenvalue weighted by Gasteiger charge is -2.18. The third-order valence-corrected chi connectivity index (χ3v) is 4.05. The summed E-state index contributed by atoms with van der Waals surface area (Å²) in [6.07, 6.45) is 0.00405. The molecule has 1 unspecified atom stereocenters. The number of hydrogen-bond donors (Lipinski definition) is 1. The van der Waals surface area contributed by atoms with Gasteiger partial charge in [0.15, 0.2) is 0 Å². The van der Waals surface area contributed by atoms with Crippen molar-refractivity contribution in [1.29, 1.82) is 0 Å². The molecule has 0 amide bonds. The number of ether oxygens (including phenoxy) is 1. The van der Waals surface area contributed by atoms with Crippen molar-refractivity contribution in [2.75, 3.05) is 13.6 Å². The number of rotatable bonds is 6. The fraction of sp³-hybridized carbons (Fsp3) is 0.250. The van der Waals surface area contributed by atoms with Crippen LogP contribution in [-0.4, -0.2) is 13.6 Å². The second-order valence-electron chi connectivity index (χ2n) is 4.50. The molecule has 0 radical (unpaired) electrons. The lowest BCUT2D eigenvalue weighted by molar-refractivity contribution is 0.0407. The van der Waals surface area contributed by atoms with Gasteiger partial charge in [0, 0.05) is 16.0 Å². The zero-order valence-electron chi connectivity index (χ0n) is 11.3. The highest BCUT2D eigenvalue weighted by Gasteiger charge is 2.12. The molecular formula is C16H17BrClNO. The van der Waals surface area contributed by atoms with Gasteiger partial charge in [0.05, 0.1) is 12.7 Å². The minimum absolute atomic E-state index is 0.00405. The summed E-state index contributed by atoms with van der Waals surface area (Å²) in [5, 5.41) is 3.90. The van der Waals surface area contributed by atoms with Crippen molar-refractivity contribution in [2.24, 2.45) is 0 Å². The molecule has 2 nitrogen and oxygen atoms in total. The molecule has 0 fully saturated rings. The molecule has 0 saturated carbocycles. The smallest absolute Gasteiger partial charge is 0.0953 e. The summed E-state index contributed by atoms with van der Waals surface area (Å²) in [6, 6.07) is 15.9. The number of nitrogens with one attached hydrogen (secondary N) is 1. The van der Waals surface area contributed by atoms with Gasteiger partial charge in [0.2, 0.25) is 0 Å². The van der Waals surface area contributed by atoms with E-state index in [4.69, 9.17) is 16.3 Å². The summed E-state index contributed by atoms with van der Waals surface area (Å²) in [7, 11) is 1.92. The zero-order chi connectivity index (χ0) is 14.4. The van der Waals surface area contributed by atoms with E-state index in [9.17, 15) is 0 Å². The minimum Gasteiger partial charge on any atom is -0.367 e. The molecule has 0 heterocycles. The van der Waals surface area contributed by atoms with E-state index in [0.717, 1.165) is 27.2 Å². The first kappa shape index (κ1) is 15.5. The Kier molecular flexibility index (Phi) is 6.05. The SMILES string of the molecule is CNCC(OCc1ccccc1Br)c1ccc(Cl)cc1. The molecule has 2 aromatic rings. The number of halogens is 2. The molecular weight excluding hydrogens is 338 g/mol. The molecule has 0 saturated heterocycles. The third-order valence-electron chi connectivity index (χ3n) is 3.03. The summed E-state index contributed by atoms with van der Waals surface area (Å²) in [6.45, 7) is 1.32. The largest absolute Gasteiger partial charge is 0.367 e. The van der Waals surface area contributed by atoms with Gasteiger partial charge >= 0.3 is 0 Å². The van der Waals surface area contributed by atoms with E-state index in [-0.39, 0.29) is 6.10 Å². The molecule has 0 spiro atoms.